The quantitative estimate of drug-likeness (QED) is 0.829. The second kappa shape index (κ2) is 6.97. The normalized spacial score (nSPS) is 33.3. The van der Waals surface area contributed by atoms with E-state index in [1.54, 1.807) is 11.3 Å². The third kappa shape index (κ3) is 3.67. The van der Waals surface area contributed by atoms with Gasteiger partial charge in [-0.25, -0.2) is 4.79 Å². The highest BCUT2D eigenvalue weighted by Crippen LogP contribution is 2.55. The number of hydrogen-bond donors (Lipinski definition) is 2. The van der Waals surface area contributed by atoms with Crippen LogP contribution in [0.15, 0.2) is 17.5 Å². The predicted molar refractivity (Wildman–Crippen MR) is 103 cm³/mol. The van der Waals surface area contributed by atoms with E-state index >= 15 is 0 Å². The Labute approximate surface area is 159 Å². The minimum absolute atomic E-state index is 0.0643. The topological polar surface area (TPSA) is 61.4 Å². The maximum Gasteiger partial charge on any atom is 0.321 e. The molecular weight excluding hydrogens is 346 g/mol. The fraction of sp³-hybridized carbons (Fsp3) is 0.700. The Kier molecular flexibility index (Phi) is 4.82. The zero-order valence-corrected chi connectivity index (χ0v) is 16.5. The van der Waals surface area contributed by atoms with E-state index in [-0.39, 0.29) is 23.5 Å². The molecule has 4 aliphatic rings. The number of urea groups is 1. The number of imide groups is 1. The molecule has 2 N–H and O–H groups in total. The minimum atomic E-state index is -0.348. The van der Waals surface area contributed by atoms with Crippen LogP contribution in [0.5, 0.6) is 0 Å². The molecule has 4 saturated carbocycles. The van der Waals surface area contributed by atoms with Crippen LogP contribution in [-0.4, -0.2) is 35.5 Å². The summed E-state index contributed by atoms with van der Waals surface area (Å²) in [6.45, 7) is 2.56. The number of carbonyl (C=O) groups is 2. The molecule has 5 nitrogen and oxygen atoms in total. The van der Waals surface area contributed by atoms with Crippen LogP contribution in [0.1, 0.15) is 50.3 Å². The largest absolute Gasteiger partial charge is 0.332 e. The van der Waals surface area contributed by atoms with Gasteiger partial charge in [0.2, 0.25) is 5.91 Å². The highest BCUT2D eigenvalue weighted by atomic mass is 32.1. The molecule has 1 aromatic heterocycles. The number of rotatable bonds is 5. The van der Waals surface area contributed by atoms with Gasteiger partial charge in [-0.15, -0.1) is 11.3 Å². The lowest BCUT2D eigenvalue weighted by molar-refractivity contribution is -0.124. The smallest absolute Gasteiger partial charge is 0.321 e. The summed E-state index contributed by atoms with van der Waals surface area (Å²) in [7, 11) is 1.92. The second-order valence-corrected chi connectivity index (χ2v) is 9.84. The van der Waals surface area contributed by atoms with Gasteiger partial charge in [0.1, 0.15) is 0 Å². The van der Waals surface area contributed by atoms with Crippen LogP contribution in [0.4, 0.5) is 4.79 Å². The molecule has 5 rings (SSSR count). The summed E-state index contributed by atoms with van der Waals surface area (Å²) < 4.78 is 0. The van der Waals surface area contributed by atoms with Crippen molar-refractivity contribution in [3.05, 3.63) is 22.4 Å². The van der Waals surface area contributed by atoms with Crippen LogP contribution >= 0.6 is 11.3 Å². The van der Waals surface area contributed by atoms with Crippen LogP contribution in [0.3, 0.4) is 0 Å². The van der Waals surface area contributed by atoms with Crippen molar-refractivity contribution in [2.24, 2.45) is 17.8 Å². The third-order valence-electron chi connectivity index (χ3n) is 6.68. The van der Waals surface area contributed by atoms with Crippen molar-refractivity contribution in [2.75, 3.05) is 7.05 Å². The maximum absolute atomic E-state index is 12.5. The Balaban J connectivity index is 1.31. The van der Waals surface area contributed by atoms with E-state index in [9.17, 15) is 9.59 Å². The molecule has 0 spiro atoms. The summed E-state index contributed by atoms with van der Waals surface area (Å²) in [4.78, 5) is 28.2. The van der Waals surface area contributed by atoms with E-state index in [0.29, 0.717) is 6.54 Å². The number of carbonyl (C=O) groups excluding carboxylic acids is 2. The molecule has 6 heteroatoms. The summed E-state index contributed by atoms with van der Waals surface area (Å²) in [5, 5.41) is 7.83. The van der Waals surface area contributed by atoms with Crippen molar-refractivity contribution < 1.29 is 9.59 Å². The summed E-state index contributed by atoms with van der Waals surface area (Å²) in [6, 6.07) is 3.41. The molecule has 4 aliphatic carbocycles. The van der Waals surface area contributed by atoms with Crippen molar-refractivity contribution >= 4 is 23.3 Å². The first-order chi connectivity index (χ1) is 12.4. The molecule has 1 heterocycles. The summed E-state index contributed by atoms with van der Waals surface area (Å²) >= 11 is 1.68. The van der Waals surface area contributed by atoms with Gasteiger partial charge in [-0.05, 0) is 81.7 Å². The molecule has 4 fully saturated rings. The SMILES string of the molecule is C[C@H](C(=O)NC(=O)NC12CC3CC(CC(C3)C1)C2)N(C)Cc1cccs1. The van der Waals surface area contributed by atoms with Gasteiger partial charge < -0.3 is 5.32 Å². The number of thiophene rings is 1. The second-order valence-electron chi connectivity index (χ2n) is 8.81. The Morgan fingerprint density at radius 3 is 2.38 bits per heavy atom. The fourth-order valence-corrected chi connectivity index (χ4v) is 6.50. The lowest BCUT2D eigenvalue weighted by Crippen LogP contribution is -2.62. The van der Waals surface area contributed by atoms with Gasteiger partial charge in [0, 0.05) is 17.0 Å². The van der Waals surface area contributed by atoms with Crippen molar-refractivity contribution in [2.45, 2.75) is 63.6 Å². The fourth-order valence-electron chi connectivity index (χ4n) is 5.74. The molecule has 0 unspecified atom stereocenters. The number of nitrogens with one attached hydrogen (secondary N) is 2. The Hall–Kier alpha value is -1.40. The molecule has 4 bridgehead atoms. The van der Waals surface area contributed by atoms with Crippen molar-refractivity contribution in [1.82, 2.24) is 15.5 Å². The van der Waals surface area contributed by atoms with E-state index in [4.69, 9.17) is 0 Å². The molecular formula is C20H29N3O2S. The van der Waals surface area contributed by atoms with Crippen LogP contribution in [0.25, 0.3) is 0 Å². The monoisotopic (exact) mass is 375 g/mol. The third-order valence-corrected chi connectivity index (χ3v) is 7.54. The van der Waals surface area contributed by atoms with Crippen LogP contribution < -0.4 is 10.6 Å². The molecule has 26 heavy (non-hydrogen) atoms. The number of likely N-dealkylation sites (N-methyl/N-ethyl adjacent to an activating group) is 1. The van der Waals surface area contributed by atoms with Gasteiger partial charge in [0.15, 0.2) is 0 Å². The number of nitrogens with zero attached hydrogens (tertiary/aromatic N) is 1. The molecule has 0 aromatic carbocycles. The van der Waals surface area contributed by atoms with Crippen LogP contribution in [0.2, 0.25) is 0 Å². The molecule has 0 aliphatic heterocycles. The summed E-state index contributed by atoms with van der Waals surface area (Å²) in [6.07, 6.45) is 7.29. The van der Waals surface area contributed by atoms with Gasteiger partial charge in [-0.3, -0.25) is 15.0 Å². The lowest BCUT2D eigenvalue weighted by Gasteiger charge is -2.56. The van der Waals surface area contributed by atoms with Crippen LogP contribution in [-0.2, 0) is 11.3 Å². The molecule has 1 aromatic rings. The van der Waals surface area contributed by atoms with Crippen molar-refractivity contribution in [1.29, 1.82) is 0 Å². The van der Waals surface area contributed by atoms with E-state index in [1.807, 2.05) is 30.3 Å². The van der Waals surface area contributed by atoms with E-state index in [0.717, 1.165) is 37.0 Å². The van der Waals surface area contributed by atoms with E-state index < -0.39 is 0 Å². The van der Waals surface area contributed by atoms with Gasteiger partial charge in [-0.1, -0.05) is 6.07 Å². The average molecular weight is 376 g/mol. The van der Waals surface area contributed by atoms with Crippen LogP contribution in [0, 0.1) is 17.8 Å². The van der Waals surface area contributed by atoms with Gasteiger partial charge >= 0.3 is 6.03 Å². The Morgan fingerprint density at radius 2 is 1.85 bits per heavy atom. The molecule has 1 atom stereocenters. The number of hydrogen-bond acceptors (Lipinski definition) is 4. The maximum atomic E-state index is 12.5. The van der Waals surface area contributed by atoms with Gasteiger partial charge in [0.25, 0.3) is 0 Å². The van der Waals surface area contributed by atoms with Gasteiger partial charge in [0.05, 0.1) is 6.04 Å². The highest BCUT2D eigenvalue weighted by molar-refractivity contribution is 7.09. The standard InChI is InChI=1S/C20H29N3O2S/c1-13(23(2)12-17-4-3-5-26-17)18(24)21-19(25)22-20-9-14-6-15(10-20)8-16(7-14)11-20/h3-5,13-16H,6-12H2,1-2H3,(H2,21,22,24,25)/t13-,14?,15?,16?,20?/m1/s1. The highest BCUT2D eigenvalue weighted by Gasteiger charge is 2.51. The lowest BCUT2D eigenvalue weighted by atomic mass is 9.53. The van der Waals surface area contributed by atoms with Crippen molar-refractivity contribution in [3.63, 3.8) is 0 Å². The average Bonchev–Trinajstić information content (AvgIpc) is 3.04. The summed E-state index contributed by atoms with van der Waals surface area (Å²) in [5.41, 5.74) is -0.0643. The minimum Gasteiger partial charge on any atom is -0.332 e. The molecule has 3 amide bonds. The number of amides is 3. The summed E-state index contributed by atoms with van der Waals surface area (Å²) in [5.74, 6) is 2.08. The van der Waals surface area contributed by atoms with E-state index in [1.165, 1.54) is 24.1 Å². The Bertz CT molecular complexity index is 637. The van der Waals surface area contributed by atoms with Gasteiger partial charge in [-0.2, -0.15) is 0 Å². The van der Waals surface area contributed by atoms with E-state index in [2.05, 4.69) is 16.7 Å². The van der Waals surface area contributed by atoms with Crippen molar-refractivity contribution in [3.8, 4) is 0 Å². The first-order valence-electron chi connectivity index (χ1n) is 9.78. The predicted octanol–water partition coefficient (Wildman–Crippen LogP) is 3.36. The first-order valence-corrected chi connectivity index (χ1v) is 10.7. The molecule has 0 radical (unpaired) electrons. The molecule has 0 saturated heterocycles. The molecule has 142 valence electrons. The Morgan fingerprint density at radius 1 is 1.23 bits per heavy atom. The first kappa shape index (κ1) is 18.0. The zero-order chi connectivity index (χ0) is 18.3. The zero-order valence-electron chi connectivity index (χ0n) is 15.7.